The van der Waals surface area contributed by atoms with Crippen LogP contribution in [0.1, 0.15) is 18.9 Å². The van der Waals surface area contributed by atoms with Gasteiger partial charge in [-0.25, -0.2) is 0 Å². The van der Waals surface area contributed by atoms with Crippen molar-refractivity contribution in [2.75, 3.05) is 13.7 Å². The number of halogens is 2. The summed E-state index contributed by atoms with van der Waals surface area (Å²) in [5, 5.41) is 11.2. The molecule has 0 saturated heterocycles. The highest BCUT2D eigenvalue weighted by atomic mass is 35.5. The highest BCUT2D eigenvalue weighted by molar-refractivity contribution is 6.42. The average molecular weight is 249 g/mol. The molecular weight excluding hydrogens is 235 g/mol. The van der Waals surface area contributed by atoms with Gasteiger partial charge in [-0.2, -0.15) is 0 Å². The fourth-order valence-corrected chi connectivity index (χ4v) is 1.71. The number of benzene rings is 1. The normalized spacial score (nSPS) is 15.0. The van der Waals surface area contributed by atoms with Crippen LogP contribution in [0, 0.1) is 0 Å². The van der Waals surface area contributed by atoms with Crippen LogP contribution < -0.4 is 0 Å². The summed E-state index contributed by atoms with van der Waals surface area (Å²) >= 11 is 11.7. The van der Waals surface area contributed by atoms with Crippen LogP contribution in [0.3, 0.4) is 0 Å². The standard InChI is InChI=1S/C11H14Cl2O2/c1-3-11(14,7-15-2)8-4-5-9(12)10(13)6-8/h4-6,14H,3,7H2,1-2H3. The van der Waals surface area contributed by atoms with Crippen LogP contribution in [-0.4, -0.2) is 18.8 Å². The summed E-state index contributed by atoms with van der Waals surface area (Å²) in [7, 11) is 1.55. The lowest BCUT2D eigenvalue weighted by Crippen LogP contribution is -2.30. The van der Waals surface area contributed by atoms with E-state index in [1.165, 1.54) is 0 Å². The van der Waals surface area contributed by atoms with Crippen LogP contribution in [0.25, 0.3) is 0 Å². The van der Waals surface area contributed by atoms with Gasteiger partial charge in [0.05, 0.1) is 16.7 Å². The Morgan fingerprint density at radius 2 is 2.00 bits per heavy atom. The third-order valence-electron chi connectivity index (χ3n) is 2.42. The van der Waals surface area contributed by atoms with Gasteiger partial charge < -0.3 is 9.84 Å². The molecule has 0 aliphatic carbocycles. The van der Waals surface area contributed by atoms with Crippen molar-refractivity contribution in [3.63, 3.8) is 0 Å². The summed E-state index contributed by atoms with van der Waals surface area (Å²) in [6.07, 6.45) is 0.554. The van der Waals surface area contributed by atoms with Gasteiger partial charge in [-0.05, 0) is 24.1 Å². The van der Waals surface area contributed by atoms with Gasteiger partial charge in [-0.3, -0.25) is 0 Å². The van der Waals surface area contributed by atoms with Gasteiger partial charge in [0, 0.05) is 7.11 Å². The number of rotatable bonds is 4. The maximum absolute atomic E-state index is 10.3. The molecule has 0 fully saturated rings. The number of aliphatic hydroxyl groups is 1. The van der Waals surface area contributed by atoms with E-state index in [4.69, 9.17) is 27.9 Å². The lowest BCUT2D eigenvalue weighted by Gasteiger charge is -2.26. The van der Waals surface area contributed by atoms with Crippen molar-refractivity contribution in [3.8, 4) is 0 Å². The van der Waals surface area contributed by atoms with E-state index in [-0.39, 0.29) is 6.61 Å². The van der Waals surface area contributed by atoms with E-state index >= 15 is 0 Å². The quantitative estimate of drug-likeness (QED) is 0.887. The number of methoxy groups -OCH3 is 1. The monoisotopic (exact) mass is 248 g/mol. The third kappa shape index (κ3) is 2.85. The summed E-state index contributed by atoms with van der Waals surface area (Å²) in [4.78, 5) is 0. The maximum atomic E-state index is 10.3. The minimum Gasteiger partial charge on any atom is -0.383 e. The SMILES string of the molecule is CCC(O)(COC)c1ccc(Cl)c(Cl)c1. The predicted octanol–water partition coefficient (Wildman–Crippen LogP) is 3.24. The fourth-order valence-electron chi connectivity index (χ4n) is 1.41. The zero-order chi connectivity index (χ0) is 11.5. The van der Waals surface area contributed by atoms with Gasteiger partial charge in [-0.15, -0.1) is 0 Å². The Balaban J connectivity index is 3.07. The first-order chi connectivity index (χ1) is 7.03. The summed E-state index contributed by atoms with van der Waals surface area (Å²) in [6.45, 7) is 2.13. The molecule has 15 heavy (non-hydrogen) atoms. The number of hydrogen-bond donors (Lipinski definition) is 1. The van der Waals surface area contributed by atoms with Gasteiger partial charge in [0.15, 0.2) is 0 Å². The zero-order valence-corrected chi connectivity index (χ0v) is 10.3. The van der Waals surface area contributed by atoms with Crippen LogP contribution >= 0.6 is 23.2 Å². The molecule has 0 radical (unpaired) electrons. The minimum absolute atomic E-state index is 0.238. The van der Waals surface area contributed by atoms with E-state index < -0.39 is 5.60 Å². The lowest BCUT2D eigenvalue weighted by molar-refractivity contribution is -0.0386. The van der Waals surface area contributed by atoms with Crippen LogP contribution in [0.2, 0.25) is 10.0 Å². The Hall–Kier alpha value is -0.280. The highest BCUT2D eigenvalue weighted by Gasteiger charge is 2.27. The van der Waals surface area contributed by atoms with Crippen molar-refractivity contribution in [2.45, 2.75) is 18.9 Å². The fraction of sp³-hybridized carbons (Fsp3) is 0.455. The molecule has 0 aliphatic heterocycles. The molecule has 1 N–H and O–H groups in total. The molecule has 0 saturated carbocycles. The molecule has 0 aliphatic rings. The highest BCUT2D eigenvalue weighted by Crippen LogP contribution is 2.30. The first-order valence-corrected chi connectivity index (χ1v) is 5.46. The van der Waals surface area contributed by atoms with Gasteiger partial charge in [0.25, 0.3) is 0 Å². The minimum atomic E-state index is -0.997. The summed E-state index contributed by atoms with van der Waals surface area (Å²) in [6, 6.07) is 5.11. The smallest absolute Gasteiger partial charge is 0.113 e. The number of ether oxygens (including phenoxy) is 1. The van der Waals surface area contributed by atoms with Crippen molar-refractivity contribution in [1.82, 2.24) is 0 Å². The number of hydrogen-bond acceptors (Lipinski definition) is 2. The van der Waals surface area contributed by atoms with Gasteiger partial charge in [0.2, 0.25) is 0 Å². The maximum Gasteiger partial charge on any atom is 0.113 e. The molecule has 1 rings (SSSR count). The van der Waals surface area contributed by atoms with Crippen LogP contribution in [0.15, 0.2) is 18.2 Å². The first kappa shape index (κ1) is 12.8. The Bertz CT molecular complexity index is 341. The topological polar surface area (TPSA) is 29.5 Å². The Morgan fingerprint density at radius 3 is 2.47 bits per heavy atom. The molecule has 1 aromatic carbocycles. The average Bonchev–Trinajstić information content (AvgIpc) is 2.22. The Labute approximate surface area is 99.8 Å². The zero-order valence-electron chi connectivity index (χ0n) is 8.76. The molecule has 0 heterocycles. The van der Waals surface area contributed by atoms with E-state index in [2.05, 4.69) is 0 Å². The van der Waals surface area contributed by atoms with Crippen molar-refractivity contribution < 1.29 is 9.84 Å². The van der Waals surface area contributed by atoms with E-state index in [1.54, 1.807) is 25.3 Å². The Kier molecular flexibility index (Phi) is 4.41. The largest absolute Gasteiger partial charge is 0.383 e. The first-order valence-electron chi connectivity index (χ1n) is 4.70. The molecule has 0 aromatic heterocycles. The van der Waals surface area contributed by atoms with Crippen LogP contribution in [0.5, 0.6) is 0 Å². The Morgan fingerprint density at radius 1 is 1.33 bits per heavy atom. The van der Waals surface area contributed by atoms with E-state index in [9.17, 15) is 5.11 Å². The van der Waals surface area contributed by atoms with E-state index in [0.29, 0.717) is 16.5 Å². The molecule has 1 unspecified atom stereocenters. The van der Waals surface area contributed by atoms with Crippen molar-refractivity contribution in [2.24, 2.45) is 0 Å². The molecule has 0 spiro atoms. The van der Waals surface area contributed by atoms with Gasteiger partial charge in [-0.1, -0.05) is 36.2 Å². The molecule has 0 amide bonds. The van der Waals surface area contributed by atoms with Gasteiger partial charge in [0.1, 0.15) is 5.60 Å². The lowest BCUT2D eigenvalue weighted by atomic mass is 9.92. The predicted molar refractivity (Wildman–Crippen MR) is 62.5 cm³/mol. The summed E-state index contributed by atoms with van der Waals surface area (Å²) in [5.41, 5.74) is -0.274. The second-order valence-corrected chi connectivity index (χ2v) is 4.26. The summed E-state index contributed by atoms with van der Waals surface area (Å²) in [5.74, 6) is 0. The van der Waals surface area contributed by atoms with E-state index in [1.807, 2.05) is 6.92 Å². The molecule has 0 bridgehead atoms. The van der Waals surface area contributed by atoms with Crippen molar-refractivity contribution in [1.29, 1.82) is 0 Å². The molecule has 4 heteroatoms. The van der Waals surface area contributed by atoms with Crippen molar-refractivity contribution in [3.05, 3.63) is 33.8 Å². The molecular formula is C11H14Cl2O2. The van der Waals surface area contributed by atoms with Crippen LogP contribution in [-0.2, 0) is 10.3 Å². The molecule has 84 valence electrons. The van der Waals surface area contributed by atoms with Crippen molar-refractivity contribution >= 4 is 23.2 Å². The molecule has 1 atom stereocenters. The third-order valence-corrected chi connectivity index (χ3v) is 3.16. The molecule has 2 nitrogen and oxygen atoms in total. The van der Waals surface area contributed by atoms with Crippen LogP contribution in [0.4, 0.5) is 0 Å². The second-order valence-electron chi connectivity index (χ2n) is 3.45. The van der Waals surface area contributed by atoms with E-state index in [0.717, 1.165) is 5.56 Å². The van der Waals surface area contributed by atoms with Gasteiger partial charge >= 0.3 is 0 Å². The summed E-state index contributed by atoms with van der Waals surface area (Å²) < 4.78 is 5.00. The second kappa shape index (κ2) is 5.17. The molecule has 1 aromatic rings.